The molecule has 0 fully saturated rings. The van der Waals surface area contributed by atoms with Crippen LogP contribution in [0, 0.1) is 0 Å². The third-order valence-corrected chi connectivity index (χ3v) is 13.6. The second-order valence-electron chi connectivity index (χ2n) is 18.4. The van der Waals surface area contributed by atoms with Crippen LogP contribution < -0.4 is 39.5 Å². The number of carbonyl (C=O) groups excluding carboxylic acids is 2. The number of carbonyl (C=O) groups is 4. The van der Waals surface area contributed by atoms with Gasteiger partial charge in [0.25, 0.3) is 0 Å². The van der Waals surface area contributed by atoms with Crippen molar-refractivity contribution in [3.8, 4) is 56.8 Å². The number of nitrogens with two attached hydrogens (primary N) is 1. The minimum Gasteiger partial charge on any atom is -0.497 e. The zero-order valence-corrected chi connectivity index (χ0v) is 44.8. The maximum atomic E-state index is 13.3. The SMILES string of the molecule is COc1ccc(C(O)c2ccc(OCC(=O)O)cc2)c(OC)c1.COc1ccc(C([15NH]C(=O)OCC2c3ccccc3-c3ccccc32)c2ccc(OCC(=O)O)cc2)c(OC)c1.[15NH2]C(=O)OCC1c2ccccc2-c2ccccc21. The number of alkyl carbamates (subject to hydrolysis) is 1. The number of primary amides is 1. The first kappa shape index (κ1) is 57.2. The van der Waals surface area contributed by atoms with E-state index in [0.717, 1.165) is 27.8 Å². The van der Waals surface area contributed by atoms with E-state index in [2.05, 4.69) is 53.8 Å². The Kier molecular flexibility index (Phi) is 19.1. The van der Waals surface area contributed by atoms with Gasteiger partial charge in [0.15, 0.2) is 13.2 Å². The van der Waals surface area contributed by atoms with E-state index in [0.29, 0.717) is 57.8 Å². The van der Waals surface area contributed by atoms with Crippen molar-refractivity contribution in [3.05, 3.63) is 226 Å². The Labute approximate surface area is 467 Å². The van der Waals surface area contributed by atoms with Gasteiger partial charge in [0.05, 0.1) is 34.5 Å². The molecule has 17 nitrogen and oxygen atoms in total. The van der Waals surface area contributed by atoms with Gasteiger partial charge in [-0.3, -0.25) is 0 Å². The summed E-state index contributed by atoms with van der Waals surface area (Å²) in [5.41, 5.74) is 17.1. The molecule has 2 aliphatic rings. The third-order valence-electron chi connectivity index (χ3n) is 13.6. The summed E-state index contributed by atoms with van der Waals surface area (Å²) in [5.74, 6) is 1.00. The minimum atomic E-state index is -1.07. The van der Waals surface area contributed by atoms with Gasteiger partial charge in [0, 0.05) is 35.1 Å². The lowest BCUT2D eigenvalue weighted by atomic mass is 9.98. The molecule has 8 aromatic carbocycles. The summed E-state index contributed by atoms with van der Waals surface area (Å²) in [7, 11) is 6.19. The first-order valence-electron chi connectivity index (χ1n) is 25.5. The Bertz CT molecular complexity index is 3390. The summed E-state index contributed by atoms with van der Waals surface area (Å²) in [5, 5.41) is 31.0. The van der Waals surface area contributed by atoms with E-state index in [1.165, 1.54) is 29.4 Å². The van der Waals surface area contributed by atoms with Crippen LogP contribution in [0.3, 0.4) is 0 Å². The van der Waals surface area contributed by atoms with Crippen molar-refractivity contribution < 1.29 is 72.4 Å². The lowest BCUT2D eigenvalue weighted by Gasteiger charge is -2.23. The Morgan fingerprint density at radius 3 is 1.23 bits per heavy atom. The largest absolute Gasteiger partial charge is 0.497 e. The number of hydrogen-bond donors (Lipinski definition) is 5. The second-order valence-corrected chi connectivity index (χ2v) is 18.4. The van der Waals surface area contributed by atoms with Crippen molar-refractivity contribution in [1.82, 2.24) is 5.32 Å². The number of hydrogen-bond acceptors (Lipinski definition) is 13. The average Bonchev–Trinajstić information content (AvgIpc) is 4.16. The summed E-state index contributed by atoms with van der Waals surface area (Å²) in [6.07, 6.45) is -2.20. The zero-order valence-electron chi connectivity index (χ0n) is 44.8. The Balaban J connectivity index is 0.000000176. The van der Waals surface area contributed by atoms with Crippen LogP contribution in [0.15, 0.2) is 182 Å². The number of aliphatic hydroxyl groups is 1. The molecule has 0 spiro atoms. The highest BCUT2D eigenvalue weighted by Gasteiger charge is 2.31. The van der Waals surface area contributed by atoms with Crippen molar-refractivity contribution in [2.75, 3.05) is 54.9 Å². The van der Waals surface area contributed by atoms with Gasteiger partial charge < -0.3 is 64.3 Å². The molecule has 0 heterocycles. The van der Waals surface area contributed by atoms with Gasteiger partial charge in [-0.1, -0.05) is 121 Å². The van der Waals surface area contributed by atoms with Crippen molar-refractivity contribution in [1.29, 1.82) is 0 Å². The molecule has 416 valence electrons. The van der Waals surface area contributed by atoms with E-state index >= 15 is 0 Å². The standard InChI is InChI=1S/C32H29NO7.C17H18O6.C15H13NO2/c1-37-22-15-16-27(29(17-22)38-2)31(20-11-13-21(14-12-20)39-19-30(34)35)33-32(36)40-18-28-25-9-5-3-7-23(25)24-8-4-6-10-26(24)28;1-21-13-7-8-14(15(9-13)22-2)17(20)11-3-5-12(6-4-11)23-10-16(18)19;16-15(17)18-9-14-12-7-3-1-5-10(12)11-6-2-4-8-13(11)14/h3-17,28,31H,18-19H2,1-2H3,(H,33,36)(H,34,35);3-9,17,20H,10H2,1-2H3,(H,18,19);1-8,14H,9H2,(H2,16,17)/i33+1;;16+1. The fourth-order valence-electron chi connectivity index (χ4n) is 9.78. The highest BCUT2D eigenvalue weighted by Crippen LogP contribution is 2.46. The first-order chi connectivity index (χ1) is 39.3. The van der Waals surface area contributed by atoms with Gasteiger partial charge in [0.1, 0.15) is 53.8 Å². The fourth-order valence-corrected chi connectivity index (χ4v) is 9.78. The van der Waals surface area contributed by atoms with E-state index in [1.54, 1.807) is 100 Å². The van der Waals surface area contributed by atoms with Crippen molar-refractivity contribution in [2.24, 2.45) is 5.73 Å². The molecule has 0 aromatic heterocycles. The molecule has 0 saturated heterocycles. The van der Waals surface area contributed by atoms with Gasteiger partial charge >= 0.3 is 24.1 Å². The Morgan fingerprint density at radius 2 is 0.840 bits per heavy atom. The minimum absolute atomic E-state index is 0.0715. The number of rotatable bonds is 19. The maximum Gasteiger partial charge on any atom is 0.407 e. The number of carboxylic acids is 2. The number of fused-ring (bicyclic) bond motifs is 6. The number of methoxy groups -OCH3 is 4. The maximum absolute atomic E-state index is 13.3. The number of amides is 2. The van der Waals surface area contributed by atoms with E-state index in [4.69, 9.17) is 53.8 Å². The van der Waals surface area contributed by atoms with Crippen molar-refractivity contribution in [2.45, 2.75) is 24.0 Å². The molecule has 0 aliphatic heterocycles. The van der Waals surface area contributed by atoms with Crippen LogP contribution in [0.4, 0.5) is 9.59 Å². The highest BCUT2D eigenvalue weighted by molar-refractivity contribution is 5.80. The molecule has 6 N–H and O–H groups in total. The normalized spacial score (nSPS) is 12.4. The van der Waals surface area contributed by atoms with Crippen LogP contribution >= 0.6 is 0 Å². The van der Waals surface area contributed by atoms with Crippen LogP contribution in [0.2, 0.25) is 0 Å². The predicted octanol–water partition coefficient (Wildman–Crippen LogP) is 10.9. The molecule has 2 aliphatic carbocycles. The summed E-state index contributed by atoms with van der Waals surface area (Å²) in [4.78, 5) is 45.4. The summed E-state index contributed by atoms with van der Waals surface area (Å²) in [6.45, 7) is -0.390. The number of nitrogens with one attached hydrogen (secondary N) is 1. The molecule has 0 radical (unpaired) electrons. The molecule has 10 rings (SSSR count). The van der Waals surface area contributed by atoms with Crippen LogP contribution in [-0.2, 0) is 19.1 Å². The lowest BCUT2D eigenvalue weighted by Crippen LogP contribution is -2.31. The fraction of sp³-hybridized carbons (Fsp3) is 0.188. The molecule has 0 saturated carbocycles. The number of carboxylic acid groups (broad SMARTS) is 2. The molecule has 2 atom stereocenters. The van der Waals surface area contributed by atoms with Crippen molar-refractivity contribution >= 4 is 24.1 Å². The molecule has 2 amide bonds. The summed E-state index contributed by atoms with van der Waals surface area (Å²) >= 11 is 0. The lowest BCUT2D eigenvalue weighted by molar-refractivity contribution is -0.140. The molecular formula is C64H60N2O15. The summed E-state index contributed by atoms with van der Waals surface area (Å²) < 4.78 is 42.5. The van der Waals surface area contributed by atoms with E-state index < -0.39 is 49.5 Å². The molecule has 8 aromatic rings. The first-order valence-corrected chi connectivity index (χ1v) is 25.5. The van der Waals surface area contributed by atoms with Crippen LogP contribution in [0.5, 0.6) is 34.5 Å². The van der Waals surface area contributed by atoms with Crippen molar-refractivity contribution in [3.63, 3.8) is 0 Å². The molecule has 2 unspecified atom stereocenters. The zero-order chi connectivity index (χ0) is 57.4. The smallest absolute Gasteiger partial charge is 0.407 e. The summed E-state index contributed by atoms with van der Waals surface area (Å²) in [6, 6.07) is 56.0. The van der Waals surface area contributed by atoms with E-state index in [1.807, 2.05) is 54.6 Å². The van der Waals surface area contributed by atoms with Gasteiger partial charge in [0.2, 0.25) is 0 Å². The predicted molar refractivity (Wildman–Crippen MR) is 302 cm³/mol. The molecular weight excluding hydrogens is 1040 g/mol. The molecule has 81 heavy (non-hydrogen) atoms. The van der Waals surface area contributed by atoms with E-state index in [-0.39, 0.29) is 18.4 Å². The number of ether oxygens (including phenoxy) is 8. The Hall–Kier alpha value is -10.0. The molecule has 0 bridgehead atoms. The van der Waals surface area contributed by atoms with Gasteiger partial charge in [-0.05, 0) is 104 Å². The topological polar surface area (TPSA) is 241 Å². The van der Waals surface area contributed by atoms with E-state index in [9.17, 15) is 24.3 Å². The number of aliphatic hydroxyl groups excluding tert-OH is 1. The van der Waals surface area contributed by atoms with Crippen LogP contribution in [0.25, 0.3) is 22.3 Å². The van der Waals surface area contributed by atoms with Crippen LogP contribution in [0.1, 0.15) is 68.5 Å². The van der Waals surface area contributed by atoms with Gasteiger partial charge in [-0.25, -0.2) is 19.2 Å². The highest BCUT2D eigenvalue weighted by atomic mass is 16.6. The quantitative estimate of drug-likeness (QED) is 0.0473. The number of aliphatic carboxylic acids is 2. The number of benzene rings is 8. The van der Waals surface area contributed by atoms with Gasteiger partial charge in [-0.15, -0.1) is 0 Å². The molecule has 17 heteroatoms. The second kappa shape index (κ2) is 27.0. The average molecular weight is 1100 g/mol. The Morgan fingerprint density at radius 1 is 0.469 bits per heavy atom. The third kappa shape index (κ3) is 14.0. The monoisotopic (exact) mass is 1100 g/mol. The van der Waals surface area contributed by atoms with Gasteiger partial charge in [-0.2, -0.15) is 0 Å². The van der Waals surface area contributed by atoms with Crippen LogP contribution in [-0.4, -0.2) is 94.3 Å².